The Bertz CT molecular complexity index is 702. The van der Waals surface area contributed by atoms with Crippen molar-refractivity contribution in [1.82, 2.24) is 4.90 Å². The predicted molar refractivity (Wildman–Crippen MR) is 76.1 cm³/mol. The first kappa shape index (κ1) is 10.8. The monoisotopic (exact) mass is 249 g/mol. The van der Waals surface area contributed by atoms with Crippen LogP contribution >= 0.6 is 0 Å². The molecule has 2 aromatic carbocycles. The van der Waals surface area contributed by atoms with Crippen LogP contribution in [0, 0.1) is 0 Å². The van der Waals surface area contributed by atoms with E-state index in [1.54, 1.807) is 0 Å². The van der Waals surface area contributed by atoms with Gasteiger partial charge >= 0.3 is 0 Å². The van der Waals surface area contributed by atoms with Gasteiger partial charge in [-0.1, -0.05) is 48.5 Å². The smallest absolute Gasteiger partial charge is 0.153 e. The second kappa shape index (κ2) is 3.72. The van der Waals surface area contributed by atoms with Crippen molar-refractivity contribution < 1.29 is 5.11 Å². The van der Waals surface area contributed by atoms with Crippen molar-refractivity contribution in [1.29, 1.82) is 0 Å². The fourth-order valence-electron chi connectivity index (χ4n) is 3.30. The summed E-state index contributed by atoms with van der Waals surface area (Å²) in [6.45, 7) is 0. The van der Waals surface area contributed by atoms with Crippen LogP contribution in [0.15, 0.2) is 48.5 Å². The number of hydrogen-bond acceptors (Lipinski definition) is 2. The van der Waals surface area contributed by atoms with Crippen molar-refractivity contribution in [3.8, 4) is 0 Å². The van der Waals surface area contributed by atoms with E-state index in [1.807, 2.05) is 30.1 Å². The minimum Gasteiger partial charge on any atom is -0.369 e. The molecule has 2 heteroatoms. The first-order chi connectivity index (χ1) is 9.27. The highest BCUT2D eigenvalue weighted by Gasteiger charge is 2.34. The average molecular weight is 249 g/mol. The molecule has 0 radical (unpaired) electrons. The molecule has 1 heterocycles. The molecule has 2 nitrogen and oxygen atoms in total. The third-order valence-corrected chi connectivity index (χ3v) is 4.21. The Balaban J connectivity index is 2.00. The van der Waals surface area contributed by atoms with Crippen LogP contribution in [0.2, 0.25) is 0 Å². The average Bonchev–Trinajstić information content (AvgIpc) is 2.84. The van der Waals surface area contributed by atoms with Gasteiger partial charge in [-0.3, -0.25) is 0 Å². The molecule has 0 saturated heterocycles. The molecule has 2 aromatic rings. The summed E-state index contributed by atoms with van der Waals surface area (Å²) in [6.07, 6.45) is 0.403. The number of aliphatic hydroxyl groups excluding tert-OH is 1. The van der Waals surface area contributed by atoms with Crippen molar-refractivity contribution in [2.24, 2.45) is 0 Å². The fraction of sp³-hybridized carbons (Fsp3) is 0.176. The van der Waals surface area contributed by atoms with Gasteiger partial charge in [0.2, 0.25) is 0 Å². The summed E-state index contributed by atoms with van der Waals surface area (Å²) in [5, 5.41) is 10.5. The van der Waals surface area contributed by atoms with Gasteiger partial charge in [0, 0.05) is 24.6 Å². The number of nitrogens with zero attached hydrogens (tertiary/aromatic N) is 1. The highest BCUT2D eigenvalue weighted by molar-refractivity contribution is 5.98. The third-order valence-electron chi connectivity index (χ3n) is 4.21. The Hall–Kier alpha value is -2.06. The lowest BCUT2D eigenvalue weighted by Crippen LogP contribution is -2.27. The van der Waals surface area contributed by atoms with Crippen LogP contribution < -0.4 is 0 Å². The second-order valence-electron chi connectivity index (χ2n) is 5.23. The molecule has 4 rings (SSSR count). The van der Waals surface area contributed by atoms with Crippen molar-refractivity contribution in [3.63, 3.8) is 0 Å². The van der Waals surface area contributed by atoms with Crippen LogP contribution in [0.25, 0.3) is 11.3 Å². The van der Waals surface area contributed by atoms with Crippen molar-refractivity contribution in [2.45, 2.75) is 12.6 Å². The Morgan fingerprint density at radius 3 is 2.53 bits per heavy atom. The lowest BCUT2D eigenvalue weighted by atomic mass is 9.92. The highest BCUT2D eigenvalue weighted by Crippen LogP contribution is 2.47. The molecule has 1 aliphatic heterocycles. The number of fused-ring (bicyclic) bond motifs is 4. The van der Waals surface area contributed by atoms with Gasteiger partial charge in [-0.2, -0.15) is 0 Å². The quantitative estimate of drug-likeness (QED) is 0.775. The van der Waals surface area contributed by atoms with Gasteiger partial charge in [0.05, 0.1) is 5.70 Å². The van der Waals surface area contributed by atoms with E-state index in [9.17, 15) is 5.11 Å². The molecule has 0 bridgehead atoms. The molecule has 2 aliphatic rings. The zero-order valence-corrected chi connectivity index (χ0v) is 10.8. The van der Waals surface area contributed by atoms with Crippen LogP contribution in [0.3, 0.4) is 0 Å². The SMILES string of the molecule is CN1C2=C(Cc3ccccc32)c2ccccc2C1O. The molecule has 94 valence electrons. The normalized spacial score (nSPS) is 20.1. The van der Waals surface area contributed by atoms with E-state index in [0.29, 0.717) is 0 Å². The van der Waals surface area contributed by atoms with Gasteiger partial charge in [0.15, 0.2) is 6.23 Å². The fourth-order valence-corrected chi connectivity index (χ4v) is 3.30. The van der Waals surface area contributed by atoms with E-state index in [4.69, 9.17) is 0 Å². The van der Waals surface area contributed by atoms with Gasteiger partial charge in [-0.15, -0.1) is 0 Å². The predicted octanol–water partition coefficient (Wildman–Crippen LogP) is 3.05. The van der Waals surface area contributed by atoms with Gasteiger partial charge in [0.25, 0.3) is 0 Å². The van der Waals surface area contributed by atoms with E-state index in [-0.39, 0.29) is 0 Å². The molecule has 1 aliphatic carbocycles. The van der Waals surface area contributed by atoms with E-state index >= 15 is 0 Å². The van der Waals surface area contributed by atoms with Crippen LogP contribution in [0.5, 0.6) is 0 Å². The molecule has 0 amide bonds. The maximum absolute atomic E-state index is 10.5. The minimum atomic E-state index is -0.555. The lowest BCUT2D eigenvalue weighted by molar-refractivity contribution is 0.0603. The van der Waals surface area contributed by atoms with Gasteiger partial charge in [-0.25, -0.2) is 0 Å². The summed E-state index contributed by atoms with van der Waals surface area (Å²) >= 11 is 0. The number of allylic oxidation sites excluding steroid dienone is 1. The zero-order valence-electron chi connectivity index (χ0n) is 10.8. The maximum Gasteiger partial charge on any atom is 0.153 e. The molecule has 19 heavy (non-hydrogen) atoms. The number of hydrogen-bond donors (Lipinski definition) is 1. The molecule has 1 N–H and O–H groups in total. The maximum atomic E-state index is 10.5. The van der Waals surface area contributed by atoms with Gasteiger partial charge in [-0.05, 0) is 16.7 Å². The van der Waals surface area contributed by atoms with Crippen molar-refractivity contribution in [3.05, 3.63) is 70.8 Å². The second-order valence-corrected chi connectivity index (χ2v) is 5.23. The summed E-state index contributed by atoms with van der Waals surface area (Å²) in [6, 6.07) is 16.6. The van der Waals surface area contributed by atoms with Crippen molar-refractivity contribution >= 4 is 11.3 Å². The van der Waals surface area contributed by atoms with Crippen LogP contribution in [0.4, 0.5) is 0 Å². The molecule has 0 spiro atoms. The summed E-state index contributed by atoms with van der Waals surface area (Å²) < 4.78 is 0. The molecule has 1 unspecified atom stereocenters. The van der Waals surface area contributed by atoms with E-state index in [1.165, 1.54) is 28.0 Å². The van der Waals surface area contributed by atoms with E-state index in [0.717, 1.165) is 12.0 Å². The Morgan fingerprint density at radius 1 is 1.00 bits per heavy atom. The lowest BCUT2D eigenvalue weighted by Gasteiger charge is -2.34. The summed E-state index contributed by atoms with van der Waals surface area (Å²) in [4.78, 5) is 1.99. The first-order valence-electron chi connectivity index (χ1n) is 6.59. The standard InChI is InChI=1S/C17H15NO/c1-18-16-12-7-3-2-6-11(12)10-15(16)13-8-4-5-9-14(13)17(18)19/h2-9,17,19H,10H2,1H3. The van der Waals surface area contributed by atoms with Crippen LogP contribution in [0.1, 0.15) is 28.5 Å². The molecule has 1 atom stereocenters. The number of aliphatic hydroxyl groups is 1. The minimum absolute atomic E-state index is 0.555. The van der Waals surface area contributed by atoms with Gasteiger partial charge in [0.1, 0.15) is 0 Å². The molecule has 0 aromatic heterocycles. The summed E-state index contributed by atoms with van der Waals surface area (Å²) in [7, 11) is 1.97. The molecular formula is C17H15NO. The Labute approximate surface area is 112 Å². The Kier molecular flexibility index (Phi) is 2.12. The van der Waals surface area contributed by atoms with E-state index in [2.05, 4.69) is 30.3 Å². The Morgan fingerprint density at radius 2 is 1.68 bits per heavy atom. The van der Waals surface area contributed by atoms with Crippen LogP contribution in [-0.2, 0) is 6.42 Å². The van der Waals surface area contributed by atoms with E-state index < -0.39 is 6.23 Å². The summed E-state index contributed by atoms with van der Waals surface area (Å²) in [5.41, 5.74) is 7.33. The first-order valence-corrected chi connectivity index (χ1v) is 6.59. The van der Waals surface area contributed by atoms with Crippen LogP contribution in [-0.4, -0.2) is 17.1 Å². The molecule has 0 saturated carbocycles. The van der Waals surface area contributed by atoms with Gasteiger partial charge < -0.3 is 10.0 Å². The van der Waals surface area contributed by atoms with Crippen molar-refractivity contribution in [2.75, 3.05) is 7.05 Å². The molecular weight excluding hydrogens is 234 g/mol. The zero-order chi connectivity index (χ0) is 13.0. The molecule has 0 fully saturated rings. The third kappa shape index (κ3) is 1.35. The highest BCUT2D eigenvalue weighted by atomic mass is 16.3. The largest absolute Gasteiger partial charge is 0.369 e. The number of rotatable bonds is 0. The topological polar surface area (TPSA) is 23.5 Å². The summed E-state index contributed by atoms with van der Waals surface area (Å²) in [5.74, 6) is 0. The number of benzene rings is 2.